The van der Waals surface area contributed by atoms with Gasteiger partial charge in [-0.3, -0.25) is 4.79 Å². The van der Waals surface area contributed by atoms with E-state index in [4.69, 9.17) is 4.74 Å². The Kier molecular flexibility index (Phi) is 5.62. The standard InChI is InChI=1S/C21H16BrN5O2/c22-17-5-7-18(8-6-17)29-19-9-4-16(14-24-19)21(28)25-13-15-3-1-10-23-20(15)27-12-2-11-26-27/h1-12,14H,13H2,(H,25,28). The molecule has 0 aliphatic rings. The lowest BCUT2D eigenvalue weighted by Gasteiger charge is -2.10. The molecule has 0 atom stereocenters. The molecule has 0 spiro atoms. The Bertz CT molecular complexity index is 1100. The van der Waals surface area contributed by atoms with Crippen molar-refractivity contribution in [2.24, 2.45) is 0 Å². The van der Waals surface area contributed by atoms with Gasteiger partial charge in [0.2, 0.25) is 5.88 Å². The molecule has 1 N–H and O–H groups in total. The normalized spacial score (nSPS) is 10.5. The zero-order chi connectivity index (χ0) is 20.1. The molecule has 0 aliphatic carbocycles. The summed E-state index contributed by atoms with van der Waals surface area (Å²) in [5, 5.41) is 7.08. The van der Waals surface area contributed by atoms with Crippen molar-refractivity contribution in [3.8, 4) is 17.4 Å². The molecule has 4 aromatic rings. The molecule has 29 heavy (non-hydrogen) atoms. The van der Waals surface area contributed by atoms with Crippen molar-refractivity contribution in [2.75, 3.05) is 0 Å². The van der Waals surface area contributed by atoms with E-state index in [1.807, 2.05) is 48.7 Å². The average molecular weight is 450 g/mol. The number of nitrogens with zero attached hydrogens (tertiary/aromatic N) is 4. The van der Waals surface area contributed by atoms with Crippen LogP contribution in [0.4, 0.5) is 0 Å². The maximum absolute atomic E-state index is 12.5. The highest BCUT2D eigenvalue weighted by Gasteiger charge is 2.10. The first kappa shape index (κ1) is 18.8. The lowest BCUT2D eigenvalue weighted by atomic mass is 10.2. The number of rotatable bonds is 6. The third kappa shape index (κ3) is 4.67. The summed E-state index contributed by atoms with van der Waals surface area (Å²) in [6.07, 6.45) is 6.67. The number of hydrogen-bond acceptors (Lipinski definition) is 5. The summed E-state index contributed by atoms with van der Waals surface area (Å²) in [5.41, 5.74) is 1.30. The Hall–Kier alpha value is -3.52. The number of benzene rings is 1. The number of hydrogen-bond donors (Lipinski definition) is 1. The van der Waals surface area contributed by atoms with Crippen LogP contribution in [0.5, 0.6) is 11.6 Å². The summed E-state index contributed by atoms with van der Waals surface area (Å²) >= 11 is 3.38. The molecular weight excluding hydrogens is 434 g/mol. The van der Waals surface area contributed by atoms with Gasteiger partial charge in [0.25, 0.3) is 5.91 Å². The van der Waals surface area contributed by atoms with Gasteiger partial charge in [-0.2, -0.15) is 5.10 Å². The Morgan fingerprint density at radius 1 is 1.03 bits per heavy atom. The molecule has 3 aromatic heterocycles. The number of carbonyl (C=O) groups is 1. The first-order chi connectivity index (χ1) is 14.2. The van der Waals surface area contributed by atoms with Crippen LogP contribution in [0.1, 0.15) is 15.9 Å². The topological polar surface area (TPSA) is 81.9 Å². The first-order valence-electron chi connectivity index (χ1n) is 8.80. The zero-order valence-electron chi connectivity index (χ0n) is 15.2. The number of aromatic nitrogens is 4. The van der Waals surface area contributed by atoms with Gasteiger partial charge in [-0.05, 0) is 42.5 Å². The molecule has 8 heteroatoms. The molecule has 3 heterocycles. The van der Waals surface area contributed by atoms with Gasteiger partial charge < -0.3 is 10.1 Å². The number of carbonyl (C=O) groups excluding carboxylic acids is 1. The number of pyridine rings is 2. The van der Waals surface area contributed by atoms with E-state index in [2.05, 4.69) is 36.3 Å². The molecule has 7 nitrogen and oxygen atoms in total. The number of amides is 1. The molecular formula is C21H16BrN5O2. The predicted octanol–water partition coefficient (Wildman–Crippen LogP) is 4.15. The van der Waals surface area contributed by atoms with Crippen molar-refractivity contribution in [1.82, 2.24) is 25.1 Å². The molecule has 1 aromatic carbocycles. The number of nitrogens with one attached hydrogen (secondary N) is 1. The highest BCUT2D eigenvalue weighted by Crippen LogP contribution is 2.21. The van der Waals surface area contributed by atoms with Crippen molar-refractivity contribution in [2.45, 2.75) is 6.54 Å². The van der Waals surface area contributed by atoms with Gasteiger partial charge in [0.1, 0.15) is 5.75 Å². The fourth-order valence-electron chi connectivity index (χ4n) is 2.64. The molecule has 0 radical (unpaired) electrons. The minimum Gasteiger partial charge on any atom is -0.439 e. The van der Waals surface area contributed by atoms with Crippen LogP contribution in [0.2, 0.25) is 0 Å². The van der Waals surface area contributed by atoms with Gasteiger partial charge in [0, 0.05) is 47.4 Å². The fraction of sp³-hybridized carbons (Fsp3) is 0.0476. The maximum Gasteiger partial charge on any atom is 0.253 e. The van der Waals surface area contributed by atoms with Crippen molar-refractivity contribution in [3.05, 3.63) is 95.0 Å². The average Bonchev–Trinajstić information content (AvgIpc) is 3.29. The van der Waals surface area contributed by atoms with Crippen LogP contribution >= 0.6 is 15.9 Å². The Morgan fingerprint density at radius 3 is 2.62 bits per heavy atom. The molecule has 1 amide bonds. The largest absolute Gasteiger partial charge is 0.439 e. The van der Waals surface area contributed by atoms with Crippen LogP contribution < -0.4 is 10.1 Å². The van der Waals surface area contributed by atoms with E-state index >= 15 is 0 Å². The maximum atomic E-state index is 12.5. The summed E-state index contributed by atoms with van der Waals surface area (Å²) in [4.78, 5) is 21.0. The van der Waals surface area contributed by atoms with E-state index in [9.17, 15) is 4.79 Å². The Labute approximate surface area is 175 Å². The predicted molar refractivity (Wildman–Crippen MR) is 111 cm³/mol. The third-order valence-electron chi connectivity index (χ3n) is 4.06. The number of ether oxygens (including phenoxy) is 1. The second-order valence-corrected chi connectivity index (χ2v) is 6.98. The van der Waals surface area contributed by atoms with Crippen LogP contribution in [0, 0.1) is 0 Å². The van der Waals surface area contributed by atoms with E-state index in [1.165, 1.54) is 6.20 Å². The van der Waals surface area contributed by atoms with Crippen LogP contribution in [0.3, 0.4) is 0 Å². The monoisotopic (exact) mass is 449 g/mol. The van der Waals surface area contributed by atoms with E-state index in [1.54, 1.807) is 29.2 Å². The van der Waals surface area contributed by atoms with E-state index in [0.29, 0.717) is 29.6 Å². The van der Waals surface area contributed by atoms with E-state index in [0.717, 1.165) is 10.0 Å². The van der Waals surface area contributed by atoms with Gasteiger partial charge in [0.05, 0.1) is 5.56 Å². The van der Waals surface area contributed by atoms with Crippen LogP contribution in [0.15, 0.2) is 83.9 Å². The quantitative estimate of drug-likeness (QED) is 0.478. The summed E-state index contributed by atoms with van der Waals surface area (Å²) in [6.45, 7) is 0.318. The van der Waals surface area contributed by atoms with Crippen molar-refractivity contribution in [1.29, 1.82) is 0 Å². The van der Waals surface area contributed by atoms with Gasteiger partial charge in [0.15, 0.2) is 5.82 Å². The Balaban J connectivity index is 1.40. The zero-order valence-corrected chi connectivity index (χ0v) is 16.8. The molecule has 0 aliphatic heterocycles. The minimum absolute atomic E-state index is 0.233. The van der Waals surface area contributed by atoms with Crippen LogP contribution in [-0.4, -0.2) is 25.7 Å². The second-order valence-electron chi connectivity index (χ2n) is 6.06. The summed E-state index contributed by atoms with van der Waals surface area (Å²) in [7, 11) is 0. The van der Waals surface area contributed by atoms with Gasteiger partial charge >= 0.3 is 0 Å². The Morgan fingerprint density at radius 2 is 1.90 bits per heavy atom. The van der Waals surface area contributed by atoms with Crippen LogP contribution in [-0.2, 0) is 6.54 Å². The fourth-order valence-corrected chi connectivity index (χ4v) is 2.91. The van der Waals surface area contributed by atoms with E-state index in [-0.39, 0.29) is 5.91 Å². The smallest absolute Gasteiger partial charge is 0.253 e. The van der Waals surface area contributed by atoms with Crippen molar-refractivity contribution >= 4 is 21.8 Å². The van der Waals surface area contributed by atoms with Gasteiger partial charge in [-0.25, -0.2) is 14.6 Å². The highest BCUT2D eigenvalue weighted by molar-refractivity contribution is 9.10. The van der Waals surface area contributed by atoms with Gasteiger partial charge in [-0.1, -0.05) is 22.0 Å². The molecule has 0 bridgehead atoms. The summed E-state index contributed by atoms with van der Waals surface area (Å²) < 4.78 is 8.30. The third-order valence-corrected chi connectivity index (χ3v) is 4.59. The molecule has 144 valence electrons. The highest BCUT2D eigenvalue weighted by atomic mass is 79.9. The van der Waals surface area contributed by atoms with Crippen molar-refractivity contribution < 1.29 is 9.53 Å². The second kappa shape index (κ2) is 8.66. The summed E-state index contributed by atoms with van der Waals surface area (Å²) in [5.74, 6) is 1.52. The molecule has 0 fully saturated rings. The molecule has 0 saturated heterocycles. The lowest BCUT2D eigenvalue weighted by Crippen LogP contribution is -2.24. The minimum atomic E-state index is -0.233. The number of halogens is 1. The molecule has 4 rings (SSSR count). The molecule has 0 saturated carbocycles. The summed E-state index contributed by atoms with van der Waals surface area (Å²) in [6, 6.07) is 16.3. The van der Waals surface area contributed by atoms with E-state index < -0.39 is 0 Å². The van der Waals surface area contributed by atoms with Crippen LogP contribution in [0.25, 0.3) is 5.82 Å². The lowest BCUT2D eigenvalue weighted by molar-refractivity contribution is 0.0950. The SMILES string of the molecule is O=C(NCc1cccnc1-n1cccn1)c1ccc(Oc2ccc(Br)cc2)nc1. The first-order valence-corrected chi connectivity index (χ1v) is 9.60. The van der Waals surface area contributed by atoms with Crippen molar-refractivity contribution in [3.63, 3.8) is 0 Å². The van der Waals surface area contributed by atoms with Gasteiger partial charge in [-0.15, -0.1) is 0 Å². The molecule has 0 unspecified atom stereocenters.